The van der Waals surface area contributed by atoms with Crippen LogP contribution in [-0.4, -0.2) is 61.0 Å². The molecule has 2 unspecified atom stereocenters. The van der Waals surface area contributed by atoms with Crippen LogP contribution >= 0.6 is 12.4 Å². The highest BCUT2D eigenvalue weighted by Gasteiger charge is 2.39. The highest BCUT2D eigenvalue weighted by Crippen LogP contribution is 2.31. The molecule has 2 aliphatic rings. The number of nitrogens with zero attached hydrogens (tertiary/aromatic N) is 2. The summed E-state index contributed by atoms with van der Waals surface area (Å²) in [6, 6.07) is 0.540. The van der Waals surface area contributed by atoms with Gasteiger partial charge in [-0.15, -0.1) is 12.4 Å². The third-order valence-corrected chi connectivity index (χ3v) is 5.14. The number of likely N-dealkylation sites (tertiary alicyclic amines) is 1. The minimum atomic E-state index is -0.0160. The zero-order valence-corrected chi connectivity index (χ0v) is 14.8. The van der Waals surface area contributed by atoms with Gasteiger partial charge in [-0.1, -0.05) is 20.8 Å². The monoisotopic (exact) mass is 317 g/mol. The van der Waals surface area contributed by atoms with E-state index >= 15 is 0 Å². The van der Waals surface area contributed by atoms with Crippen molar-refractivity contribution >= 4 is 18.3 Å². The Morgan fingerprint density at radius 3 is 2.71 bits per heavy atom. The molecule has 0 spiro atoms. The number of nitrogens with one attached hydrogen (secondary N) is 1. The maximum Gasteiger partial charge on any atom is 0.240 e. The third-order valence-electron chi connectivity index (χ3n) is 5.14. The van der Waals surface area contributed by atoms with Gasteiger partial charge in [0.2, 0.25) is 5.91 Å². The van der Waals surface area contributed by atoms with Crippen LogP contribution in [0.4, 0.5) is 0 Å². The summed E-state index contributed by atoms with van der Waals surface area (Å²) in [5.74, 6) is 0.276. The van der Waals surface area contributed by atoms with Crippen LogP contribution in [0.3, 0.4) is 0 Å². The molecule has 2 aliphatic heterocycles. The van der Waals surface area contributed by atoms with Gasteiger partial charge in [0.15, 0.2) is 0 Å². The molecule has 2 rings (SSSR count). The molecule has 2 saturated heterocycles. The molecule has 0 radical (unpaired) electrons. The van der Waals surface area contributed by atoms with Crippen LogP contribution in [0.15, 0.2) is 0 Å². The van der Waals surface area contributed by atoms with Crippen molar-refractivity contribution in [1.82, 2.24) is 15.1 Å². The lowest BCUT2D eigenvalue weighted by Gasteiger charge is -2.40. The fraction of sp³-hybridized carbons (Fsp3) is 0.938. The van der Waals surface area contributed by atoms with Crippen molar-refractivity contribution in [1.29, 1.82) is 0 Å². The molecule has 0 bridgehead atoms. The Morgan fingerprint density at radius 2 is 2.10 bits per heavy atom. The predicted octanol–water partition coefficient (Wildman–Crippen LogP) is 2.13. The molecule has 124 valence electrons. The minimum Gasteiger partial charge on any atom is -0.343 e. The highest BCUT2D eigenvalue weighted by atomic mass is 35.5. The largest absolute Gasteiger partial charge is 0.343 e. The van der Waals surface area contributed by atoms with E-state index in [1.54, 1.807) is 0 Å². The van der Waals surface area contributed by atoms with Gasteiger partial charge in [0, 0.05) is 19.6 Å². The van der Waals surface area contributed by atoms with Crippen molar-refractivity contribution in [3.05, 3.63) is 0 Å². The second kappa shape index (κ2) is 7.80. The Balaban J connectivity index is 0.00000220. The van der Waals surface area contributed by atoms with E-state index in [2.05, 4.69) is 31.0 Å². The number of carbonyl (C=O) groups is 1. The molecular weight excluding hydrogens is 286 g/mol. The quantitative estimate of drug-likeness (QED) is 0.863. The normalized spacial score (nSPS) is 29.0. The summed E-state index contributed by atoms with van der Waals surface area (Å²) in [6.07, 6.45) is 4.81. The molecule has 2 atom stereocenters. The average Bonchev–Trinajstić information content (AvgIpc) is 2.84. The summed E-state index contributed by atoms with van der Waals surface area (Å²) < 4.78 is 0. The van der Waals surface area contributed by atoms with Crippen LogP contribution in [0.2, 0.25) is 0 Å². The second-order valence-corrected chi connectivity index (χ2v) is 7.12. The number of halogens is 1. The first-order chi connectivity index (χ1) is 9.45. The van der Waals surface area contributed by atoms with Crippen LogP contribution in [-0.2, 0) is 4.79 Å². The topological polar surface area (TPSA) is 35.6 Å². The molecule has 1 amide bonds. The standard InChI is InChI=1S/C16H31N3O.ClH/c1-5-19-11-6-8-13(19)12-18(4)15(20)14-16(2,3)9-7-10-17-14;/h13-14,17H,5-12H2,1-4H3;1H. The van der Waals surface area contributed by atoms with Gasteiger partial charge in [0.1, 0.15) is 0 Å². The summed E-state index contributed by atoms with van der Waals surface area (Å²) in [6.45, 7) is 10.8. The summed E-state index contributed by atoms with van der Waals surface area (Å²) >= 11 is 0. The van der Waals surface area contributed by atoms with Crippen molar-refractivity contribution in [3.63, 3.8) is 0 Å². The number of amides is 1. The van der Waals surface area contributed by atoms with Crippen molar-refractivity contribution < 1.29 is 4.79 Å². The number of carbonyl (C=O) groups excluding carboxylic acids is 1. The van der Waals surface area contributed by atoms with Gasteiger partial charge in [-0.05, 0) is 50.7 Å². The van der Waals surface area contributed by atoms with Crippen molar-refractivity contribution in [2.75, 3.05) is 33.2 Å². The molecule has 0 aromatic carbocycles. The molecule has 0 aromatic heterocycles. The maximum atomic E-state index is 12.7. The fourth-order valence-electron chi connectivity index (χ4n) is 3.78. The fourth-order valence-corrected chi connectivity index (χ4v) is 3.78. The SMILES string of the molecule is CCN1CCCC1CN(C)C(=O)C1NCCCC1(C)C.Cl. The van der Waals surface area contributed by atoms with E-state index in [1.165, 1.54) is 25.8 Å². The van der Waals surface area contributed by atoms with Crippen molar-refractivity contribution in [3.8, 4) is 0 Å². The molecule has 2 fully saturated rings. The second-order valence-electron chi connectivity index (χ2n) is 7.12. The first kappa shape index (κ1) is 18.7. The van der Waals surface area contributed by atoms with Crippen LogP contribution in [0, 0.1) is 5.41 Å². The number of likely N-dealkylation sites (N-methyl/N-ethyl adjacent to an activating group) is 2. The lowest BCUT2D eigenvalue weighted by atomic mass is 9.77. The van der Waals surface area contributed by atoms with Gasteiger partial charge in [-0.25, -0.2) is 0 Å². The highest BCUT2D eigenvalue weighted by molar-refractivity contribution is 5.85. The molecule has 5 heteroatoms. The minimum absolute atomic E-state index is 0. The predicted molar refractivity (Wildman–Crippen MR) is 90.0 cm³/mol. The molecule has 2 heterocycles. The number of rotatable bonds is 4. The number of hydrogen-bond acceptors (Lipinski definition) is 3. The van der Waals surface area contributed by atoms with E-state index in [0.717, 1.165) is 26.1 Å². The molecule has 0 aliphatic carbocycles. The van der Waals surface area contributed by atoms with E-state index in [0.29, 0.717) is 6.04 Å². The van der Waals surface area contributed by atoms with E-state index in [9.17, 15) is 4.79 Å². The zero-order chi connectivity index (χ0) is 14.8. The third kappa shape index (κ3) is 4.33. The Kier molecular flexibility index (Phi) is 6.95. The average molecular weight is 318 g/mol. The number of hydrogen-bond donors (Lipinski definition) is 1. The first-order valence-corrected chi connectivity index (χ1v) is 8.18. The smallest absolute Gasteiger partial charge is 0.240 e. The molecular formula is C16H32ClN3O. The summed E-state index contributed by atoms with van der Waals surface area (Å²) in [4.78, 5) is 17.2. The molecule has 1 N–H and O–H groups in total. The maximum absolute atomic E-state index is 12.7. The van der Waals surface area contributed by atoms with E-state index in [-0.39, 0.29) is 29.8 Å². The van der Waals surface area contributed by atoms with Gasteiger partial charge < -0.3 is 10.2 Å². The Labute approximate surface area is 136 Å². The lowest BCUT2D eigenvalue weighted by molar-refractivity contribution is -0.136. The summed E-state index contributed by atoms with van der Waals surface area (Å²) in [7, 11) is 1.97. The van der Waals surface area contributed by atoms with Gasteiger partial charge >= 0.3 is 0 Å². The Bertz CT molecular complexity index is 348. The molecule has 0 aromatic rings. The van der Waals surface area contributed by atoms with Gasteiger partial charge in [0.25, 0.3) is 0 Å². The molecule has 4 nitrogen and oxygen atoms in total. The summed E-state index contributed by atoms with van der Waals surface area (Å²) in [5, 5.41) is 3.44. The molecule has 0 saturated carbocycles. The van der Waals surface area contributed by atoms with Crippen molar-refractivity contribution in [2.24, 2.45) is 5.41 Å². The van der Waals surface area contributed by atoms with Crippen LogP contribution in [0.5, 0.6) is 0 Å². The van der Waals surface area contributed by atoms with Crippen LogP contribution < -0.4 is 5.32 Å². The Morgan fingerprint density at radius 1 is 1.38 bits per heavy atom. The van der Waals surface area contributed by atoms with Gasteiger partial charge in [0.05, 0.1) is 6.04 Å². The lowest BCUT2D eigenvalue weighted by Crippen LogP contribution is -2.57. The van der Waals surface area contributed by atoms with Crippen LogP contribution in [0.25, 0.3) is 0 Å². The van der Waals surface area contributed by atoms with Gasteiger partial charge in [-0.2, -0.15) is 0 Å². The summed E-state index contributed by atoms with van der Waals surface area (Å²) in [5.41, 5.74) is 0.0731. The molecule has 21 heavy (non-hydrogen) atoms. The van der Waals surface area contributed by atoms with E-state index < -0.39 is 0 Å². The first-order valence-electron chi connectivity index (χ1n) is 8.18. The Hall–Kier alpha value is -0.320. The van der Waals surface area contributed by atoms with Gasteiger partial charge in [-0.3, -0.25) is 9.69 Å². The zero-order valence-electron chi connectivity index (χ0n) is 14.0. The van der Waals surface area contributed by atoms with Crippen LogP contribution in [0.1, 0.15) is 46.5 Å². The number of piperidine rings is 1. The van der Waals surface area contributed by atoms with E-state index in [1.807, 2.05) is 11.9 Å². The van der Waals surface area contributed by atoms with Crippen molar-refractivity contribution in [2.45, 2.75) is 58.5 Å². The van der Waals surface area contributed by atoms with E-state index in [4.69, 9.17) is 0 Å².